The van der Waals surface area contributed by atoms with Crippen LogP contribution in [0.3, 0.4) is 0 Å². The summed E-state index contributed by atoms with van der Waals surface area (Å²) < 4.78 is 13.3. The predicted octanol–water partition coefficient (Wildman–Crippen LogP) is 4.50. The van der Waals surface area contributed by atoms with Crippen molar-refractivity contribution in [1.82, 2.24) is 15.3 Å². The molecule has 1 aliphatic rings. The van der Waals surface area contributed by atoms with Crippen molar-refractivity contribution < 1.29 is 9.18 Å². The summed E-state index contributed by atoms with van der Waals surface area (Å²) in [6, 6.07) is 14.3. The van der Waals surface area contributed by atoms with Crippen LogP contribution in [0.2, 0.25) is 0 Å². The Bertz CT molecular complexity index is 1010. The van der Waals surface area contributed by atoms with Crippen molar-refractivity contribution >= 4 is 22.6 Å². The van der Waals surface area contributed by atoms with E-state index in [0.29, 0.717) is 0 Å². The normalized spacial score (nSPS) is 16.1. The van der Waals surface area contributed by atoms with Gasteiger partial charge in [-0.3, -0.25) is 4.79 Å². The van der Waals surface area contributed by atoms with Gasteiger partial charge in [-0.1, -0.05) is 38.1 Å². The van der Waals surface area contributed by atoms with E-state index in [1.54, 1.807) is 18.5 Å². The molecule has 4 rings (SSSR count). The number of fused-ring (bicyclic) bond motifs is 1. The van der Waals surface area contributed by atoms with E-state index in [-0.39, 0.29) is 29.6 Å². The first-order valence-corrected chi connectivity index (χ1v) is 10.5. The molecule has 30 heavy (non-hydrogen) atoms. The van der Waals surface area contributed by atoms with Crippen molar-refractivity contribution in [2.75, 3.05) is 18.0 Å². The van der Waals surface area contributed by atoms with Gasteiger partial charge >= 0.3 is 0 Å². The van der Waals surface area contributed by atoms with E-state index < -0.39 is 0 Å². The van der Waals surface area contributed by atoms with Gasteiger partial charge in [0.2, 0.25) is 5.91 Å². The molecule has 2 heterocycles. The maximum Gasteiger partial charge on any atom is 0.223 e. The summed E-state index contributed by atoms with van der Waals surface area (Å²) in [4.78, 5) is 24.1. The molecule has 1 aromatic heterocycles. The van der Waals surface area contributed by atoms with Crippen molar-refractivity contribution in [2.24, 2.45) is 11.8 Å². The monoisotopic (exact) mass is 406 g/mol. The van der Waals surface area contributed by atoms with Gasteiger partial charge in [-0.2, -0.15) is 0 Å². The number of carbonyl (C=O) groups excluding carboxylic acids is 1. The molecule has 2 aromatic carbocycles. The summed E-state index contributed by atoms with van der Waals surface area (Å²) in [5, 5.41) is 4.24. The molecule has 1 saturated heterocycles. The number of halogens is 1. The van der Waals surface area contributed by atoms with Crippen LogP contribution in [0.5, 0.6) is 0 Å². The molecule has 0 bridgehead atoms. The van der Waals surface area contributed by atoms with Gasteiger partial charge in [0.1, 0.15) is 18.0 Å². The molecule has 156 valence electrons. The number of anilines is 1. The summed E-state index contributed by atoms with van der Waals surface area (Å²) in [5.41, 5.74) is 1.87. The van der Waals surface area contributed by atoms with Gasteiger partial charge in [0, 0.05) is 24.4 Å². The maximum absolute atomic E-state index is 13.3. The lowest BCUT2D eigenvalue weighted by atomic mass is 9.92. The number of rotatable bonds is 5. The van der Waals surface area contributed by atoms with E-state index in [1.807, 2.05) is 24.3 Å². The highest BCUT2D eigenvalue weighted by atomic mass is 19.1. The lowest BCUT2D eigenvalue weighted by Crippen LogP contribution is -2.42. The van der Waals surface area contributed by atoms with Gasteiger partial charge in [-0.25, -0.2) is 14.4 Å². The standard InChI is InChI=1S/C24H27FN4O/c1-16(2)22(17-7-9-19(25)10-8-17)28-24(30)18-11-13-29(14-12-18)23-20-5-3-4-6-21(20)26-15-27-23/h3-10,15-16,18,22H,11-14H2,1-2H3,(H,28,30). The third-order valence-electron chi connectivity index (χ3n) is 5.88. The highest BCUT2D eigenvalue weighted by molar-refractivity contribution is 5.89. The molecule has 6 heteroatoms. The van der Waals surface area contributed by atoms with Crippen LogP contribution in [0.1, 0.15) is 38.3 Å². The first-order chi connectivity index (χ1) is 14.5. The van der Waals surface area contributed by atoms with Crippen molar-refractivity contribution in [1.29, 1.82) is 0 Å². The van der Waals surface area contributed by atoms with Crippen LogP contribution in [0.4, 0.5) is 10.2 Å². The summed E-state index contributed by atoms with van der Waals surface area (Å²) in [6.07, 6.45) is 3.16. The van der Waals surface area contributed by atoms with Crippen LogP contribution in [0.25, 0.3) is 10.9 Å². The molecule has 1 N–H and O–H groups in total. The highest BCUT2D eigenvalue weighted by Gasteiger charge is 2.29. The number of carbonyl (C=O) groups is 1. The SMILES string of the molecule is CC(C)C(NC(=O)C1CCN(c2ncnc3ccccc23)CC1)c1ccc(F)cc1. The first kappa shape index (κ1) is 20.3. The molecule has 5 nitrogen and oxygen atoms in total. The van der Waals surface area contributed by atoms with Gasteiger partial charge in [0.05, 0.1) is 11.6 Å². The van der Waals surface area contributed by atoms with E-state index in [1.165, 1.54) is 12.1 Å². The Balaban J connectivity index is 1.42. The molecular weight excluding hydrogens is 379 g/mol. The zero-order valence-electron chi connectivity index (χ0n) is 17.4. The third-order valence-corrected chi connectivity index (χ3v) is 5.88. The van der Waals surface area contributed by atoms with Gasteiger partial charge < -0.3 is 10.2 Å². The van der Waals surface area contributed by atoms with Gasteiger partial charge in [0.25, 0.3) is 0 Å². The highest BCUT2D eigenvalue weighted by Crippen LogP contribution is 2.28. The second-order valence-electron chi connectivity index (χ2n) is 8.26. The average molecular weight is 407 g/mol. The Morgan fingerprint density at radius 1 is 1.07 bits per heavy atom. The number of hydrogen-bond acceptors (Lipinski definition) is 4. The van der Waals surface area contributed by atoms with E-state index >= 15 is 0 Å². The molecule has 1 aliphatic heterocycles. The van der Waals surface area contributed by atoms with Crippen LogP contribution in [0, 0.1) is 17.7 Å². The van der Waals surface area contributed by atoms with E-state index in [9.17, 15) is 9.18 Å². The fourth-order valence-corrected chi connectivity index (χ4v) is 4.17. The smallest absolute Gasteiger partial charge is 0.223 e. The Kier molecular flexibility index (Phi) is 5.93. The number of aromatic nitrogens is 2. The molecule has 0 radical (unpaired) electrons. The van der Waals surface area contributed by atoms with E-state index in [4.69, 9.17) is 0 Å². The number of nitrogens with zero attached hydrogens (tertiary/aromatic N) is 3. The minimum Gasteiger partial charge on any atom is -0.356 e. The third kappa shape index (κ3) is 4.27. The predicted molar refractivity (Wildman–Crippen MR) is 117 cm³/mol. The van der Waals surface area contributed by atoms with Crippen molar-refractivity contribution in [3.63, 3.8) is 0 Å². The Labute approximate surface area is 176 Å². The van der Waals surface area contributed by atoms with Crippen LogP contribution in [-0.2, 0) is 4.79 Å². The summed E-state index contributed by atoms with van der Waals surface area (Å²) in [6.45, 7) is 5.69. The molecule has 1 fully saturated rings. The Hall–Kier alpha value is -3.02. The van der Waals surface area contributed by atoms with Gasteiger partial charge in [0.15, 0.2) is 0 Å². The van der Waals surface area contributed by atoms with Crippen LogP contribution < -0.4 is 10.2 Å². The van der Waals surface area contributed by atoms with E-state index in [2.05, 4.69) is 34.0 Å². The quantitative estimate of drug-likeness (QED) is 0.678. The largest absolute Gasteiger partial charge is 0.356 e. The Morgan fingerprint density at radius 3 is 2.47 bits per heavy atom. The average Bonchev–Trinajstić information content (AvgIpc) is 2.77. The summed E-state index contributed by atoms with van der Waals surface area (Å²) in [5.74, 6) is 0.927. The van der Waals surface area contributed by atoms with Crippen LogP contribution >= 0.6 is 0 Å². The Morgan fingerprint density at radius 2 is 1.77 bits per heavy atom. The molecule has 1 amide bonds. The fourth-order valence-electron chi connectivity index (χ4n) is 4.17. The number of hydrogen-bond donors (Lipinski definition) is 1. The molecule has 3 aromatic rings. The molecule has 1 atom stereocenters. The van der Waals surface area contributed by atoms with Crippen LogP contribution in [0.15, 0.2) is 54.9 Å². The van der Waals surface area contributed by atoms with Crippen molar-refractivity contribution in [2.45, 2.75) is 32.7 Å². The molecule has 0 saturated carbocycles. The zero-order valence-corrected chi connectivity index (χ0v) is 17.4. The maximum atomic E-state index is 13.3. The second-order valence-corrected chi connectivity index (χ2v) is 8.26. The second kappa shape index (κ2) is 8.78. The number of nitrogens with one attached hydrogen (secondary N) is 1. The number of amides is 1. The molecule has 1 unspecified atom stereocenters. The molecular formula is C24H27FN4O. The lowest BCUT2D eigenvalue weighted by Gasteiger charge is -2.34. The van der Waals surface area contributed by atoms with Gasteiger partial charge in [-0.15, -0.1) is 0 Å². The van der Waals surface area contributed by atoms with Crippen molar-refractivity contribution in [3.8, 4) is 0 Å². The number of para-hydroxylation sites is 1. The van der Waals surface area contributed by atoms with Crippen molar-refractivity contribution in [3.05, 3.63) is 66.2 Å². The van der Waals surface area contributed by atoms with Crippen LogP contribution in [-0.4, -0.2) is 29.0 Å². The van der Waals surface area contributed by atoms with Gasteiger partial charge in [-0.05, 0) is 48.6 Å². The topological polar surface area (TPSA) is 58.1 Å². The molecule has 0 aliphatic carbocycles. The zero-order chi connectivity index (χ0) is 21.1. The fraction of sp³-hybridized carbons (Fsp3) is 0.375. The van der Waals surface area contributed by atoms with E-state index in [0.717, 1.165) is 48.2 Å². The molecule has 0 spiro atoms. The lowest BCUT2D eigenvalue weighted by molar-refractivity contribution is -0.126. The summed E-state index contributed by atoms with van der Waals surface area (Å²) in [7, 11) is 0. The number of benzene rings is 2. The summed E-state index contributed by atoms with van der Waals surface area (Å²) >= 11 is 0. The minimum atomic E-state index is -0.266. The number of piperidine rings is 1. The first-order valence-electron chi connectivity index (χ1n) is 10.5. The minimum absolute atomic E-state index is 0.0314.